The molecule has 2 rings (SSSR count). The van der Waals surface area contributed by atoms with Crippen LogP contribution in [0.15, 0.2) is 36.4 Å². The third-order valence-corrected chi connectivity index (χ3v) is 3.04. The second-order valence-electron chi connectivity index (χ2n) is 4.33. The minimum Gasteiger partial charge on any atom is -0.294 e. The van der Waals surface area contributed by atoms with Crippen LogP contribution in [0, 0.1) is 18.6 Å². The summed E-state index contributed by atoms with van der Waals surface area (Å²) in [5, 5.41) is -0.0271. The Hall–Kier alpha value is -1.74. The minimum absolute atomic E-state index is 0.0271. The van der Waals surface area contributed by atoms with Crippen molar-refractivity contribution >= 4 is 17.4 Å². The molecule has 0 aliphatic rings. The van der Waals surface area contributed by atoms with E-state index in [-0.39, 0.29) is 28.4 Å². The summed E-state index contributed by atoms with van der Waals surface area (Å²) in [5.74, 6) is -1.43. The lowest BCUT2D eigenvalue weighted by Crippen LogP contribution is -2.06. The Bertz CT molecular complexity index is 618. The number of carbonyl (C=O) groups is 1. The summed E-state index contributed by atoms with van der Waals surface area (Å²) in [5.41, 5.74) is 1.09. The van der Waals surface area contributed by atoms with Crippen molar-refractivity contribution in [2.24, 2.45) is 0 Å². The van der Waals surface area contributed by atoms with E-state index in [0.717, 1.165) is 6.07 Å². The quantitative estimate of drug-likeness (QED) is 0.764. The van der Waals surface area contributed by atoms with Crippen molar-refractivity contribution in [3.63, 3.8) is 0 Å². The third-order valence-electron chi connectivity index (χ3n) is 2.75. The Morgan fingerprint density at radius 2 is 1.95 bits per heavy atom. The Kier molecular flexibility index (Phi) is 3.96. The molecule has 0 bridgehead atoms. The lowest BCUT2D eigenvalue weighted by Gasteiger charge is -2.05. The van der Waals surface area contributed by atoms with Crippen LogP contribution in [0.2, 0.25) is 5.02 Å². The average molecular weight is 281 g/mol. The van der Waals surface area contributed by atoms with Crippen LogP contribution in [-0.2, 0) is 6.42 Å². The number of Topliss-reactive ketones (excluding diaryl/α,β-unsaturated/α-hetero) is 1. The Labute approximate surface area is 114 Å². The van der Waals surface area contributed by atoms with Gasteiger partial charge in [0, 0.05) is 12.0 Å². The van der Waals surface area contributed by atoms with Gasteiger partial charge in [0.2, 0.25) is 0 Å². The highest BCUT2D eigenvalue weighted by atomic mass is 35.5. The van der Waals surface area contributed by atoms with Gasteiger partial charge in [-0.1, -0.05) is 23.7 Å². The minimum atomic E-state index is -0.606. The summed E-state index contributed by atoms with van der Waals surface area (Å²) in [6.07, 6.45) is -0.144. The maximum Gasteiger partial charge on any atom is 0.167 e. The molecule has 0 atom stereocenters. The Morgan fingerprint density at radius 1 is 1.21 bits per heavy atom. The van der Waals surface area contributed by atoms with E-state index in [0.29, 0.717) is 5.56 Å². The van der Waals surface area contributed by atoms with Crippen LogP contribution in [0.25, 0.3) is 0 Å². The van der Waals surface area contributed by atoms with Crippen molar-refractivity contribution in [1.29, 1.82) is 0 Å². The van der Waals surface area contributed by atoms with Gasteiger partial charge in [-0.2, -0.15) is 0 Å². The van der Waals surface area contributed by atoms with Gasteiger partial charge in [0.25, 0.3) is 0 Å². The standard InChI is InChI=1S/C15H11ClF2O/c1-9-5-11(7-12(17)6-9)14(19)8-10-3-2-4-13(16)15(10)18/h2-7H,8H2,1H3. The maximum absolute atomic E-state index is 13.7. The summed E-state index contributed by atoms with van der Waals surface area (Å²) < 4.78 is 26.9. The van der Waals surface area contributed by atoms with Crippen LogP contribution >= 0.6 is 11.6 Å². The fourth-order valence-electron chi connectivity index (χ4n) is 1.86. The highest BCUT2D eigenvalue weighted by molar-refractivity contribution is 6.30. The van der Waals surface area contributed by atoms with E-state index in [9.17, 15) is 13.6 Å². The molecule has 0 fully saturated rings. The lowest BCUT2D eigenvalue weighted by molar-refractivity contribution is 0.0991. The molecule has 0 N–H and O–H groups in total. The average Bonchev–Trinajstić information content (AvgIpc) is 2.33. The molecule has 0 unspecified atom stereocenters. The van der Waals surface area contributed by atoms with Gasteiger partial charge in [0.15, 0.2) is 5.78 Å². The van der Waals surface area contributed by atoms with Crippen molar-refractivity contribution in [2.75, 3.05) is 0 Å². The SMILES string of the molecule is Cc1cc(F)cc(C(=O)Cc2cccc(Cl)c2F)c1. The summed E-state index contributed by atoms with van der Waals surface area (Å²) >= 11 is 5.65. The van der Waals surface area contributed by atoms with Gasteiger partial charge in [-0.15, -0.1) is 0 Å². The van der Waals surface area contributed by atoms with Gasteiger partial charge in [0.05, 0.1) is 5.02 Å². The third kappa shape index (κ3) is 3.18. The summed E-state index contributed by atoms with van der Waals surface area (Å²) in [4.78, 5) is 12.0. The second-order valence-corrected chi connectivity index (χ2v) is 4.74. The van der Waals surface area contributed by atoms with Gasteiger partial charge in [0.1, 0.15) is 11.6 Å². The molecule has 98 valence electrons. The Balaban J connectivity index is 2.28. The number of benzene rings is 2. The molecule has 0 heterocycles. The molecule has 0 spiro atoms. The number of hydrogen-bond donors (Lipinski definition) is 0. The van der Waals surface area contributed by atoms with Crippen molar-refractivity contribution in [2.45, 2.75) is 13.3 Å². The van der Waals surface area contributed by atoms with E-state index in [1.54, 1.807) is 19.1 Å². The molecule has 4 heteroatoms. The van der Waals surface area contributed by atoms with Crippen LogP contribution in [0.3, 0.4) is 0 Å². The number of aryl methyl sites for hydroxylation is 1. The molecule has 0 aliphatic carbocycles. The van der Waals surface area contributed by atoms with Crippen LogP contribution in [0.1, 0.15) is 21.5 Å². The predicted molar refractivity (Wildman–Crippen MR) is 70.6 cm³/mol. The zero-order valence-corrected chi connectivity index (χ0v) is 11.0. The molecular weight excluding hydrogens is 270 g/mol. The van der Waals surface area contributed by atoms with E-state index >= 15 is 0 Å². The predicted octanol–water partition coefficient (Wildman–Crippen LogP) is 4.35. The molecule has 0 radical (unpaired) electrons. The first-order valence-electron chi connectivity index (χ1n) is 5.70. The van der Waals surface area contributed by atoms with Crippen LogP contribution in [0.4, 0.5) is 8.78 Å². The van der Waals surface area contributed by atoms with Crippen molar-refractivity contribution in [3.8, 4) is 0 Å². The number of halogens is 3. The first-order chi connectivity index (χ1) is 8.97. The molecular formula is C15H11ClF2O. The monoisotopic (exact) mass is 280 g/mol. The number of carbonyl (C=O) groups excluding carboxylic acids is 1. The van der Waals surface area contributed by atoms with E-state index in [2.05, 4.69) is 0 Å². The topological polar surface area (TPSA) is 17.1 Å². The zero-order chi connectivity index (χ0) is 14.0. The smallest absolute Gasteiger partial charge is 0.167 e. The van der Waals surface area contributed by atoms with Crippen LogP contribution in [0.5, 0.6) is 0 Å². The Morgan fingerprint density at radius 3 is 2.63 bits per heavy atom. The van der Waals surface area contributed by atoms with Crippen molar-refractivity contribution in [1.82, 2.24) is 0 Å². The van der Waals surface area contributed by atoms with Crippen LogP contribution < -0.4 is 0 Å². The number of rotatable bonds is 3. The molecule has 1 nitrogen and oxygen atoms in total. The first-order valence-corrected chi connectivity index (χ1v) is 6.08. The van der Waals surface area contributed by atoms with E-state index < -0.39 is 11.6 Å². The van der Waals surface area contributed by atoms with Gasteiger partial charge in [-0.3, -0.25) is 4.79 Å². The maximum atomic E-state index is 13.7. The highest BCUT2D eigenvalue weighted by Crippen LogP contribution is 2.20. The lowest BCUT2D eigenvalue weighted by atomic mass is 10.0. The van der Waals surface area contributed by atoms with Gasteiger partial charge in [-0.05, 0) is 42.3 Å². The van der Waals surface area contributed by atoms with Crippen LogP contribution in [-0.4, -0.2) is 5.78 Å². The number of hydrogen-bond acceptors (Lipinski definition) is 1. The number of ketones is 1. The molecule has 0 saturated carbocycles. The van der Waals surface area contributed by atoms with Gasteiger partial charge >= 0.3 is 0 Å². The van der Waals surface area contributed by atoms with E-state index in [1.165, 1.54) is 18.2 Å². The van der Waals surface area contributed by atoms with Gasteiger partial charge in [-0.25, -0.2) is 8.78 Å². The van der Waals surface area contributed by atoms with Crippen molar-refractivity contribution < 1.29 is 13.6 Å². The molecule has 0 amide bonds. The van der Waals surface area contributed by atoms with Crippen molar-refractivity contribution in [3.05, 3.63) is 69.7 Å². The van der Waals surface area contributed by atoms with E-state index in [1.807, 2.05) is 0 Å². The second kappa shape index (κ2) is 5.49. The molecule has 2 aromatic carbocycles. The summed E-state index contributed by atoms with van der Waals surface area (Å²) in [6.45, 7) is 1.69. The van der Waals surface area contributed by atoms with Gasteiger partial charge < -0.3 is 0 Å². The summed E-state index contributed by atoms with van der Waals surface area (Å²) in [6, 6.07) is 8.54. The normalized spacial score (nSPS) is 10.5. The highest BCUT2D eigenvalue weighted by Gasteiger charge is 2.13. The molecule has 0 aliphatic heterocycles. The zero-order valence-electron chi connectivity index (χ0n) is 10.2. The largest absolute Gasteiger partial charge is 0.294 e. The van der Waals surface area contributed by atoms with E-state index in [4.69, 9.17) is 11.6 Å². The summed E-state index contributed by atoms with van der Waals surface area (Å²) in [7, 11) is 0. The fraction of sp³-hybridized carbons (Fsp3) is 0.133. The molecule has 0 aromatic heterocycles. The molecule has 0 saturated heterocycles. The molecule has 2 aromatic rings. The first kappa shape index (κ1) is 13.7. The molecule has 19 heavy (non-hydrogen) atoms. The fourth-order valence-corrected chi connectivity index (χ4v) is 2.05.